The molecular weight excluding hydrogens is 615 g/mol. The van der Waals surface area contributed by atoms with Gasteiger partial charge in [0.15, 0.2) is 17.5 Å². The van der Waals surface area contributed by atoms with Gasteiger partial charge in [0.1, 0.15) is 16.9 Å². The Morgan fingerprint density at radius 1 is 0.600 bits per heavy atom. The van der Waals surface area contributed by atoms with Crippen LogP contribution in [0.2, 0.25) is 0 Å². The van der Waals surface area contributed by atoms with E-state index in [2.05, 4.69) is 104 Å². The van der Waals surface area contributed by atoms with Crippen LogP contribution in [0.5, 0.6) is 5.75 Å². The number of benzene rings is 6. The predicted octanol–water partition coefficient (Wildman–Crippen LogP) is 11.2. The highest BCUT2D eigenvalue weighted by Gasteiger charge is 2.33. The standard InChI is InChI=1S/C45H33N3O2/c1-45(25-23-30(24-26-45)33-21-22-39-37(28-33)35-15-8-9-17-38(35)50-39)41-36(16-10-18-40(41)49-2)44-47-42(31-12-4-3-5-13-31)46-43(48-44)34-20-19-29-11-6-7-14-32(29)27-34/h3-25,27-28H,26H2,1-2H3. The molecule has 0 amide bonds. The van der Waals surface area contributed by atoms with Crippen molar-refractivity contribution in [3.8, 4) is 39.9 Å². The second-order valence-electron chi connectivity index (χ2n) is 13.0. The van der Waals surface area contributed by atoms with Crippen LogP contribution in [0, 0.1) is 0 Å². The SMILES string of the molecule is COc1cccc(-c2nc(-c3ccccc3)nc(-c3ccc4ccccc4c3)n2)c1C1(C)C=CC(c2ccc3oc4ccccc4c3c2)=CC1. The Kier molecular flexibility index (Phi) is 7.13. The highest BCUT2D eigenvalue weighted by atomic mass is 16.5. The average molecular weight is 648 g/mol. The Hall–Kier alpha value is -6.33. The molecule has 0 saturated heterocycles. The lowest BCUT2D eigenvalue weighted by Gasteiger charge is -2.32. The average Bonchev–Trinajstić information content (AvgIpc) is 3.56. The second-order valence-corrected chi connectivity index (χ2v) is 13.0. The molecule has 1 unspecified atom stereocenters. The topological polar surface area (TPSA) is 61.0 Å². The highest BCUT2D eigenvalue weighted by Crippen LogP contribution is 2.45. The quantitative estimate of drug-likeness (QED) is 0.180. The van der Waals surface area contributed by atoms with Crippen LogP contribution in [-0.4, -0.2) is 22.1 Å². The van der Waals surface area contributed by atoms with E-state index in [-0.39, 0.29) is 5.41 Å². The molecule has 5 nitrogen and oxygen atoms in total. The van der Waals surface area contributed by atoms with E-state index >= 15 is 0 Å². The molecule has 0 radical (unpaired) electrons. The van der Waals surface area contributed by atoms with Crippen molar-refractivity contribution in [2.75, 3.05) is 7.11 Å². The van der Waals surface area contributed by atoms with E-state index in [4.69, 9.17) is 24.1 Å². The van der Waals surface area contributed by atoms with Gasteiger partial charge in [-0.25, -0.2) is 15.0 Å². The number of hydrogen-bond donors (Lipinski definition) is 0. The summed E-state index contributed by atoms with van der Waals surface area (Å²) in [4.78, 5) is 15.3. The first-order valence-corrected chi connectivity index (χ1v) is 16.9. The molecule has 0 fully saturated rings. The second kappa shape index (κ2) is 12.0. The van der Waals surface area contributed by atoms with Crippen LogP contribution in [0.15, 0.2) is 156 Å². The molecule has 2 heterocycles. The number of hydrogen-bond acceptors (Lipinski definition) is 5. The lowest BCUT2D eigenvalue weighted by molar-refractivity contribution is 0.399. The Morgan fingerprint density at radius 2 is 1.32 bits per heavy atom. The number of aromatic nitrogens is 3. The third kappa shape index (κ3) is 5.15. The van der Waals surface area contributed by atoms with Gasteiger partial charge in [0.05, 0.1) is 7.11 Å². The number of ether oxygens (including phenoxy) is 1. The van der Waals surface area contributed by atoms with Crippen molar-refractivity contribution < 1.29 is 9.15 Å². The molecule has 0 N–H and O–H groups in total. The van der Waals surface area contributed by atoms with Crippen LogP contribution < -0.4 is 4.74 Å². The predicted molar refractivity (Wildman–Crippen MR) is 203 cm³/mol. The maximum Gasteiger partial charge on any atom is 0.164 e. The van der Waals surface area contributed by atoms with Crippen LogP contribution >= 0.6 is 0 Å². The zero-order valence-corrected chi connectivity index (χ0v) is 27.8. The number of para-hydroxylation sites is 1. The van der Waals surface area contributed by atoms with Gasteiger partial charge in [0.25, 0.3) is 0 Å². The van der Waals surface area contributed by atoms with E-state index in [9.17, 15) is 0 Å². The van der Waals surface area contributed by atoms with Gasteiger partial charge < -0.3 is 9.15 Å². The number of nitrogens with zero attached hydrogens (tertiary/aromatic N) is 3. The van der Waals surface area contributed by atoms with E-state index in [1.807, 2.05) is 54.6 Å². The van der Waals surface area contributed by atoms with Crippen molar-refractivity contribution in [1.29, 1.82) is 0 Å². The summed E-state index contributed by atoms with van der Waals surface area (Å²) in [6.07, 6.45) is 7.62. The first-order chi connectivity index (χ1) is 24.6. The lowest BCUT2D eigenvalue weighted by Crippen LogP contribution is -2.22. The fourth-order valence-corrected chi connectivity index (χ4v) is 7.18. The van der Waals surface area contributed by atoms with Gasteiger partial charge in [-0.3, -0.25) is 0 Å². The summed E-state index contributed by atoms with van der Waals surface area (Å²) in [6.45, 7) is 2.26. The Balaban J connectivity index is 1.15. The smallest absolute Gasteiger partial charge is 0.164 e. The molecule has 50 heavy (non-hydrogen) atoms. The summed E-state index contributed by atoms with van der Waals surface area (Å²) >= 11 is 0. The summed E-state index contributed by atoms with van der Waals surface area (Å²) in [5, 5.41) is 4.56. The molecule has 6 aromatic carbocycles. The zero-order valence-electron chi connectivity index (χ0n) is 27.8. The van der Waals surface area contributed by atoms with Crippen LogP contribution in [0.3, 0.4) is 0 Å². The van der Waals surface area contributed by atoms with E-state index < -0.39 is 0 Å². The zero-order chi connectivity index (χ0) is 33.7. The van der Waals surface area contributed by atoms with Crippen LogP contribution in [0.4, 0.5) is 0 Å². The van der Waals surface area contributed by atoms with Crippen LogP contribution in [0.25, 0.3) is 72.4 Å². The Bertz CT molecular complexity index is 2640. The molecule has 1 aliphatic rings. The van der Waals surface area contributed by atoms with Gasteiger partial charge >= 0.3 is 0 Å². The molecule has 1 atom stereocenters. The van der Waals surface area contributed by atoms with Crippen LogP contribution in [0.1, 0.15) is 24.5 Å². The Labute approximate surface area is 290 Å². The number of rotatable bonds is 6. The monoisotopic (exact) mass is 647 g/mol. The van der Waals surface area contributed by atoms with Crippen LogP contribution in [-0.2, 0) is 5.41 Å². The van der Waals surface area contributed by atoms with Crippen molar-refractivity contribution in [2.24, 2.45) is 0 Å². The molecular formula is C45H33N3O2. The van der Waals surface area contributed by atoms with Gasteiger partial charge in [-0.05, 0) is 58.7 Å². The number of allylic oxidation sites excluding steroid dienone is 4. The maximum atomic E-state index is 6.09. The molecule has 9 rings (SSSR count). The van der Waals surface area contributed by atoms with Gasteiger partial charge in [-0.15, -0.1) is 0 Å². The Morgan fingerprint density at radius 3 is 2.14 bits per heavy atom. The van der Waals surface area contributed by atoms with E-state index in [0.29, 0.717) is 17.5 Å². The molecule has 240 valence electrons. The summed E-state index contributed by atoms with van der Waals surface area (Å²) in [7, 11) is 1.73. The molecule has 1 aliphatic carbocycles. The van der Waals surface area contributed by atoms with Crippen molar-refractivity contribution in [1.82, 2.24) is 15.0 Å². The van der Waals surface area contributed by atoms with E-state index in [0.717, 1.165) is 67.3 Å². The third-order valence-corrected chi connectivity index (χ3v) is 9.82. The molecule has 2 aromatic heterocycles. The van der Waals surface area contributed by atoms with Crippen molar-refractivity contribution in [3.63, 3.8) is 0 Å². The van der Waals surface area contributed by atoms with Crippen molar-refractivity contribution in [2.45, 2.75) is 18.8 Å². The molecule has 5 heteroatoms. The summed E-state index contributed by atoms with van der Waals surface area (Å²) in [6, 6.07) is 45.6. The van der Waals surface area contributed by atoms with Gasteiger partial charge in [0, 0.05) is 38.4 Å². The van der Waals surface area contributed by atoms with Crippen molar-refractivity contribution >= 4 is 38.3 Å². The molecule has 0 spiro atoms. The van der Waals surface area contributed by atoms with E-state index in [1.54, 1.807) is 7.11 Å². The van der Waals surface area contributed by atoms with Gasteiger partial charge in [-0.2, -0.15) is 0 Å². The van der Waals surface area contributed by atoms with Gasteiger partial charge in [-0.1, -0.05) is 128 Å². The van der Waals surface area contributed by atoms with Gasteiger partial charge in [0.2, 0.25) is 0 Å². The van der Waals surface area contributed by atoms with E-state index in [1.165, 1.54) is 11.0 Å². The minimum absolute atomic E-state index is 0.388. The number of methoxy groups -OCH3 is 1. The highest BCUT2D eigenvalue weighted by molar-refractivity contribution is 6.06. The number of furan rings is 1. The minimum Gasteiger partial charge on any atom is -0.496 e. The molecule has 8 aromatic rings. The molecule has 0 bridgehead atoms. The first kappa shape index (κ1) is 29.8. The van der Waals surface area contributed by atoms with Crippen molar-refractivity contribution in [3.05, 3.63) is 163 Å². The molecule has 0 aliphatic heterocycles. The fraction of sp³-hybridized carbons (Fsp3) is 0.0889. The maximum absolute atomic E-state index is 6.09. The lowest BCUT2D eigenvalue weighted by atomic mass is 9.73. The summed E-state index contributed by atoms with van der Waals surface area (Å²) < 4.78 is 12.2. The summed E-state index contributed by atoms with van der Waals surface area (Å²) in [5.74, 6) is 2.66. The minimum atomic E-state index is -0.388. The molecule has 0 saturated carbocycles. The summed E-state index contributed by atoms with van der Waals surface area (Å²) in [5.41, 5.74) is 7.58. The normalized spacial score (nSPS) is 15.8. The fourth-order valence-electron chi connectivity index (χ4n) is 7.18. The third-order valence-electron chi connectivity index (χ3n) is 9.82. The first-order valence-electron chi connectivity index (χ1n) is 16.9. The number of fused-ring (bicyclic) bond motifs is 4. The largest absolute Gasteiger partial charge is 0.496 e.